The highest BCUT2D eigenvalue weighted by Gasteiger charge is 2.32. The highest BCUT2D eigenvalue weighted by atomic mass is 19.4. The molecular formula is C16H12F4N4O. The fourth-order valence-electron chi connectivity index (χ4n) is 2.20. The molecular weight excluding hydrogens is 340 g/mol. The second kappa shape index (κ2) is 6.50. The number of methoxy groups -OCH3 is 1. The van der Waals surface area contributed by atoms with Gasteiger partial charge in [-0.15, -0.1) is 5.10 Å². The minimum atomic E-state index is -4.53. The Morgan fingerprint density at radius 2 is 1.84 bits per heavy atom. The first-order valence-electron chi connectivity index (χ1n) is 7.14. The summed E-state index contributed by atoms with van der Waals surface area (Å²) in [5.74, 6) is -0.117. The lowest BCUT2D eigenvalue weighted by molar-refractivity contribution is -0.141. The van der Waals surface area contributed by atoms with Crippen molar-refractivity contribution in [2.24, 2.45) is 0 Å². The summed E-state index contributed by atoms with van der Waals surface area (Å²) in [6.07, 6.45) is -3.44. The van der Waals surface area contributed by atoms with Crippen molar-refractivity contribution in [2.45, 2.75) is 12.7 Å². The molecule has 0 unspecified atom stereocenters. The smallest absolute Gasteiger partial charge is 0.433 e. The van der Waals surface area contributed by atoms with E-state index in [1.807, 2.05) is 0 Å². The molecule has 0 bridgehead atoms. The second-order valence-corrected chi connectivity index (χ2v) is 5.13. The molecule has 0 saturated heterocycles. The molecule has 0 aliphatic heterocycles. The van der Waals surface area contributed by atoms with Gasteiger partial charge in [0.2, 0.25) is 0 Å². The van der Waals surface area contributed by atoms with E-state index in [0.29, 0.717) is 11.1 Å². The maximum absolute atomic E-state index is 13.0. The number of hydrogen-bond acceptors (Lipinski definition) is 4. The lowest BCUT2D eigenvalue weighted by Gasteiger charge is -2.08. The fourth-order valence-corrected chi connectivity index (χ4v) is 2.20. The van der Waals surface area contributed by atoms with Gasteiger partial charge < -0.3 is 4.74 Å². The van der Waals surface area contributed by atoms with Crippen LogP contribution in [0.4, 0.5) is 17.6 Å². The van der Waals surface area contributed by atoms with Crippen molar-refractivity contribution in [3.05, 3.63) is 59.7 Å². The summed E-state index contributed by atoms with van der Waals surface area (Å²) >= 11 is 0. The van der Waals surface area contributed by atoms with Gasteiger partial charge in [-0.05, 0) is 42.0 Å². The van der Waals surface area contributed by atoms with E-state index < -0.39 is 17.7 Å². The van der Waals surface area contributed by atoms with Crippen LogP contribution in [0.1, 0.15) is 11.3 Å². The molecule has 3 aromatic rings. The minimum Gasteiger partial charge on any atom is -0.467 e. The predicted molar refractivity (Wildman–Crippen MR) is 80.3 cm³/mol. The van der Waals surface area contributed by atoms with Gasteiger partial charge in [-0.1, -0.05) is 0 Å². The van der Waals surface area contributed by atoms with Crippen molar-refractivity contribution < 1.29 is 22.3 Å². The topological polar surface area (TPSA) is 52.8 Å². The van der Waals surface area contributed by atoms with E-state index in [9.17, 15) is 17.6 Å². The quantitative estimate of drug-likeness (QED) is 0.674. The van der Waals surface area contributed by atoms with Crippen LogP contribution in [-0.4, -0.2) is 26.9 Å². The molecule has 0 radical (unpaired) electrons. The highest BCUT2D eigenvalue weighted by Crippen LogP contribution is 2.28. The average Bonchev–Trinajstić information content (AvgIpc) is 2.98. The van der Waals surface area contributed by atoms with Gasteiger partial charge >= 0.3 is 12.2 Å². The predicted octanol–water partition coefficient (Wildman–Crippen LogP) is 3.55. The van der Waals surface area contributed by atoms with Gasteiger partial charge in [0.1, 0.15) is 11.5 Å². The van der Waals surface area contributed by atoms with Gasteiger partial charge in [-0.2, -0.15) is 18.2 Å². The molecule has 9 heteroatoms. The molecule has 0 aliphatic rings. The number of nitrogens with zero attached hydrogens (tertiary/aromatic N) is 4. The van der Waals surface area contributed by atoms with Crippen molar-refractivity contribution in [3.8, 4) is 17.4 Å². The number of hydrogen-bond donors (Lipinski definition) is 0. The van der Waals surface area contributed by atoms with Gasteiger partial charge in [0, 0.05) is 11.8 Å². The molecule has 2 aromatic heterocycles. The van der Waals surface area contributed by atoms with Crippen LogP contribution in [0.25, 0.3) is 11.4 Å². The van der Waals surface area contributed by atoms with Crippen LogP contribution in [-0.2, 0) is 12.7 Å². The lowest BCUT2D eigenvalue weighted by Crippen LogP contribution is -2.10. The van der Waals surface area contributed by atoms with Crippen LogP contribution in [0.3, 0.4) is 0 Å². The van der Waals surface area contributed by atoms with E-state index in [-0.39, 0.29) is 18.4 Å². The first kappa shape index (κ1) is 16.9. The van der Waals surface area contributed by atoms with E-state index in [1.54, 1.807) is 0 Å². The van der Waals surface area contributed by atoms with Crippen LogP contribution in [0, 0.1) is 5.82 Å². The van der Waals surface area contributed by atoms with Gasteiger partial charge in [0.05, 0.1) is 13.7 Å². The lowest BCUT2D eigenvalue weighted by atomic mass is 10.2. The number of aromatic nitrogens is 4. The standard InChI is InChI=1S/C16H12F4N4O/c1-25-15-22-14(11-2-4-12(17)5-3-11)23-24(15)9-10-6-7-21-13(8-10)16(18,19)20/h2-8H,9H2,1H3. The molecule has 0 saturated carbocycles. The molecule has 130 valence electrons. The molecule has 2 heterocycles. The van der Waals surface area contributed by atoms with E-state index >= 15 is 0 Å². The third-order valence-corrected chi connectivity index (χ3v) is 3.37. The highest BCUT2D eigenvalue weighted by molar-refractivity contribution is 5.54. The summed E-state index contributed by atoms with van der Waals surface area (Å²) in [6, 6.07) is 8.06. The van der Waals surface area contributed by atoms with Crippen molar-refractivity contribution in [1.29, 1.82) is 0 Å². The summed E-state index contributed by atoms with van der Waals surface area (Å²) in [5.41, 5.74) is -0.0804. The van der Waals surface area contributed by atoms with Crippen LogP contribution in [0.5, 0.6) is 6.01 Å². The maximum Gasteiger partial charge on any atom is 0.433 e. The zero-order valence-electron chi connectivity index (χ0n) is 13.0. The van der Waals surface area contributed by atoms with Crippen molar-refractivity contribution in [3.63, 3.8) is 0 Å². The number of halogens is 4. The fraction of sp³-hybridized carbons (Fsp3) is 0.188. The van der Waals surface area contributed by atoms with Gasteiger partial charge in [-0.25, -0.2) is 9.07 Å². The van der Waals surface area contributed by atoms with Gasteiger partial charge in [0.15, 0.2) is 5.82 Å². The summed E-state index contributed by atoms with van der Waals surface area (Å²) in [4.78, 5) is 7.48. The molecule has 0 spiro atoms. The number of rotatable bonds is 4. The monoisotopic (exact) mass is 352 g/mol. The normalized spacial score (nSPS) is 11.6. The third-order valence-electron chi connectivity index (χ3n) is 3.37. The second-order valence-electron chi connectivity index (χ2n) is 5.13. The number of ether oxygens (including phenoxy) is 1. The first-order chi connectivity index (χ1) is 11.9. The molecule has 0 atom stereocenters. The van der Waals surface area contributed by atoms with Crippen molar-refractivity contribution in [1.82, 2.24) is 19.7 Å². The van der Waals surface area contributed by atoms with Gasteiger partial charge in [-0.3, -0.25) is 4.98 Å². The zero-order valence-corrected chi connectivity index (χ0v) is 13.0. The Morgan fingerprint density at radius 3 is 2.48 bits per heavy atom. The van der Waals surface area contributed by atoms with Crippen molar-refractivity contribution >= 4 is 0 Å². The van der Waals surface area contributed by atoms with Crippen LogP contribution >= 0.6 is 0 Å². The largest absolute Gasteiger partial charge is 0.467 e. The van der Waals surface area contributed by atoms with E-state index in [2.05, 4.69) is 15.1 Å². The van der Waals surface area contributed by atoms with E-state index in [0.717, 1.165) is 12.3 Å². The number of benzene rings is 1. The maximum atomic E-state index is 13.0. The third kappa shape index (κ3) is 3.76. The summed E-state index contributed by atoms with van der Waals surface area (Å²) in [6.45, 7) is 0.0168. The van der Waals surface area contributed by atoms with Gasteiger partial charge in [0.25, 0.3) is 0 Å². The summed E-state index contributed by atoms with van der Waals surface area (Å²) in [5, 5.41) is 4.22. The Balaban J connectivity index is 1.91. The molecule has 0 aliphatic carbocycles. The van der Waals surface area contributed by atoms with E-state index in [4.69, 9.17) is 4.74 Å². The van der Waals surface area contributed by atoms with E-state index in [1.165, 1.54) is 42.1 Å². The van der Waals surface area contributed by atoms with Crippen LogP contribution < -0.4 is 4.74 Å². The Kier molecular flexibility index (Phi) is 4.39. The molecule has 25 heavy (non-hydrogen) atoms. The SMILES string of the molecule is COc1nc(-c2ccc(F)cc2)nn1Cc1ccnc(C(F)(F)F)c1. The molecule has 0 N–H and O–H groups in total. The first-order valence-corrected chi connectivity index (χ1v) is 7.14. The van der Waals surface area contributed by atoms with Crippen LogP contribution in [0.15, 0.2) is 42.6 Å². The average molecular weight is 352 g/mol. The molecule has 5 nitrogen and oxygen atoms in total. The molecule has 0 amide bonds. The van der Waals surface area contributed by atoms with Crippen LogP contribution in [0.2, 0.25) is 0 Å². The molecule has 1 aromatic carbocycles. The molecule has 0 fully saturated rings. The number of pyridine rings is 1. The zero-order chi connectivity index (χ0) is 18.0. The molecule has 3 rings (SSSR count). The minimum absolute atomic E-state index is 0.0168. The summed E-state index contributed by atoms with van der Waals surface area (Å²) in [7, 11) is 1.38. The Morgan fingerprint density at radius 1 is 1.12 bits per heavy atom. The van der Waals surface area contributed by atoms with Crippen molar-refractivity contribution in [2.75, 3.05) is 7.11 Å². The Labute approximate surface area is 139 Å². The summed E-state index contributed by atoms with van der Waals surface area (Å²) < 4.78 is 57.7. The Hall–Kier alpha value is -2.97. The Bertz CT molecular complexity index is 875. The number of alkyl halides is 3.